The minimum Gasteiger partial charge on any atom is -0.456 e. The van der Waals surface area contributed by atoms with Crippen molar-refractivity contribution in [2.24, 2.45) is 0 Å². The van der Waals surface area contributed by atoms with Gasteiger partial charge in [-0.05, 0) is 24.3 Å². The topological polar surface area (TPSA) is 61.2 Å². The molecule has 0 saturated carbocycles. The lowest BCUT2D eigenvalue weighted by molar-refractivity contribution is -0.150. The van der Waals surface area contributed by atoms with Crippen molar-refractivity contribution in [1.29, 1.82) is 0 Å². The second kappa shape index (κ2) is 7.18. The maximum atomic E-state index is 13.5. The summed E-state index contributed by atoms with van der Waals surface area (Å²) < 4.78 is 58.5. The number of para-hydroxylation sites is 2. The van der Waals surface area contributed by atoms with E-state index in [0.29, 0.717) is 4.57 Å². The number of aromatic nitrogens is 2. The van der Waals surface area contributed by atoms with Gasteiger partial charge < -0.3 is 9.30 Å². The van der Waals surface area contributed by atoms with E-state index < -0.39 is 42.7 Å². The highest BCUT2D eigenvalue weighted by Gasteiger charge is 2.38. The van der Waals surface area contributed by atoms with Crippen molar-refractivity contribution in [1.82, 2.24) is 9.55 Å². The molecule has 2 aromatic carbocycles. The van der Waals surface area contributed by atoms with Crippen molar-refractivity contribution in [2.75, 3.05) is 6.61 Å². The van der Waals surface area contributed by atoms with Gasteiger partial charge in [0.2, 0.25) is 11.6 Å². The fourth-order valence-electron chi connectivity index (χ4n) is 2.54. The Morgan fingerprint density at radius 1 is 1.04 bits per heavy atom. The van der Waals surface area contributed by atoms with Gasteiger partial charge in [0.25, 0.3) is 0 Å². The molecule has 3 aromatic rings. The normalized spacial score (nSPS) is 11.6. The molecule has 9 heteroatoms. The highest BCUT2D eigenvalue weighted by Crippen LogP contribution is 2.31. The Balaban J connectivity index is 1.76. The van der Waals surface area contributed by atoms with Crippen LogP contribution in [0.5, 0.6) is 0 Å². The third-order valence-electron chi connectivity index (χ3n) is 3.73. The minimum atomic E-state index is -4.78. The van der Waals surface area contributed by atoms with Crippen LogP contribution in [-0.4, -0.2) is 27.9 Å². The largest absolute Gasteiger partial charge is 0.456 e. The lowest BCUT2D eigenvalue weighted by atomic mass is 10.1. The van der Waals surface area contributed by atoms with Crippen molar-refractivity contribution >= 4 is 22.8 Å². The average Bonchev–Trinajstić information content (AvgIpc) is 2.99. The van der Waals surface area contributed by atoms with Crippen molar-refractivity contribution in [3.8, 4) is 0 Å². The molecule has 140 valence electrons. The second-order valence-corrected chi connectivity index (χ2v) is 5.57. The van der Waals surface area contributed by atoms with E-state index in [4.69, 9.17) is 4.74 Å². The van der Waals surface area contributed by atoms with Crippen LogP contribution in [0.2, 0.25) is 0 Å². The summed E-state index contributed by atoms with van der Waals surface area (Å²) in [6, 6.07) is 10.9. The lowest BCUT2D eigenvalue weighted by Gasteiger charge is -2.11. The lowest BCUT2D eigenvalue weighted by Crippen LogP contribution is -2.22. The van der Waals surface area contributed by atoms with Gasteiger partial charge in [-0.25, -0.2) is 9.37 Å². The number of carbonyl (C=O) groups excluding carboxylic acids is 2. The standard InChI is InChI=1S/C18H12F4N2O3/c19-12-6-2-1-5-11(12)15(25)10-27-16(26)9-24-14-8-4-3-7-13(14)23-17(24)18(20,21)22/h1-8H,9-10H2. The molecular weight excluding hydrogens is 368 g/mol. The van der Waals surface area contributed by atoms with Gasteiger partial charge in [0.15, 0.2) is 6.61 Å². The van der Waals surface area contributed by atoms with E-state index in [2.05, 4.69) is 4.98 Å². The molecule has 0 unspecified atom stereocenters. The van der Waals surface area contributed by atoms with Crippen LogP contribution in [0.3, 0.4) is 0 Å². The van der Waals surface area contributed by atoms with E-state index in [9.17, 15) is 27.2 Å². The number of ketones is 1. The van der Waals surface area contributed by atoms with Gasteiger partial charge in [-0.2, -0.15) is 13.2 Å². The summed E-state index contributed by atoms with van der Waals surface area (Å²) in [5.41, 5.74) is -0.100. The maximum Gasteiger partial charge on any atom is 0.449 e. The summed E-state index contributed by atoms with van der Waals surface area (Å²) >= 11 is 0. The number of carbonyl (C=O) groups is 2. The van der Waals surface area contributed by atoms with Crippen LogP contribution in [-0.2, 0) is 22.3 Å². The molecule has 0 N–H and O–H groups in total. The smallest absolute Gasteiger partial charge is 0.449 e. The van der Waals surface area contributed by atoms with Crippen LogP contribution in [0.25, 0.3) is 11.0 Å². The molecule has 0 atom stereocenters. The van der Waals surface area contributed by atoms with Crippen LogP contribution < -0.4 is 0 Å². The minimum absolute atomic E-state index is 0.0695. The Morgan fingerprint density at radius 3 is 2.41 bits per heavy atom. The van der Waals surface area contributed by atoms with E-state index in [-0.39, 0.29) is 16.6 Å². The van der Waals surface area contributed by atoms with Crippen molar-refractivity contribution in [2.45, 2.75) is 12.7 Å². The number of hydrogen-bond acceptors (Lipinski definition) is 4. The van der Waals surface area contributed by atoms with Gasteiger partial charge in [-0.15, -0.1) is 0 Å². The summed E-state index contributed by atoms with van der Waals surface area (Å²) in [6.07, 6.45) is -4.78. The predicted octanol–water partition coefficient (Wildman–Crippen LogP) is 3.62. The molecule has 0 radical (unpaired) electrons. The SMILES string of the molecule is O=C(Cn1c(C(F)(F)F)nc2ccccc21)OCC(=O)c1ccccc1F. The van der Waals surface area contributed by atoms with Gasteiger partial charge in [0.1, 0.15) is 12.4 Å². The monoisotopic (exact) mass is 380 g/mol. The zero-order valence-electron chi connectivity index (χ0n) is 13.7. The third kappa shape index (κ3) is 3.97. The second-order valence-electron chi connectivity index (χ2n) is 5.57. The molecule has 27 heavy (non-hydrogen) atoms. The number of alkyl halides is 3. The summed E-state index contributed by atoms with van der Waals surface area (Å²) in [6.45, 7) is -1.58. The molecule has 0 spiro atoms. The van der Waals surface area contributed by atoms with E-state index >= 15 is 0 Å². The number of benzene rings is 2. The number of fused-ring (bicyclic) bond motifs is 1. The number of ether oxygens (including phenoxy) is 1. The van der Waals surface area contributed by atoms with Crippen LogP contribution in [0, 0.1) is 5.82 Å². The number of halogens is 4. The summed E-state index contributed by atoms with van der Waals surface area (Å²) in [5, 5.41) is 0. The van der Waals surface area contributed by atoms with E-state index in [1.54, 1.807) is 0 Å². The first-order valence-corrected chi connectivity index (χ1v) is 7.73. The van der Waals surface area contributed by atoms with Crippen LogP contribution in [0.15, 0.2) is 48.5 Å². The average molecular weight is 380 g/mol. The van der Waals surface area contributed by atoms with Crippen molar-refractivity contribution in [3.63, 3.8) is 0 Å². The zero-order chi connectivity index (χ0) is 19.6. The Bertz CT molecular complexity index is 1010. The predicted molar refractivity (Wildman–Crippen MR) is 86.4 cm³/mol. The van der Waals surface area contributed by atoms with Crippen molar-refractivity contribution < 1.29 is 31.9 Å². The molecule has 0 bridgehead atoms. The molecule has 1 aromatic heterocycles. The summed E-state index contributed by atoms with van der Waals surface area (Å²) in [4.78, 5) is 27.4. The van der Waals surface area contributed by atoms with Gasteiger partial charge in [-0.1, -0.05) is 24.3 Å². The number of rotatable bonds is 5. The molecule has 0 aliphatic rings. The van der Waals surface area contributed by atoms with E-state index in [1.165, 1.54) is 42.5 Å². The summed E-state index contributed by atoms with van der Waals surface area (Å²) in [7, 11) is 0. The van der Waals surface area contributed by atoms with E-state index in [1.807, 2.05) is 0 Å². The Labute approximate surface area is 150 Å². The number of esters is 1. The fourth-order valence-corrected chi connectivity index (χ4v) is 2.54. The van der Waals surface area contributed by atoms with Crippen LogP contribution in [0.1, 0.15) is 16.2 Å². The van der Waals surface area contributed by atoms with Gasteiger partial charge >= 0.3 is 12.1 Å². The quantitative estimate of drug-likeness (QED) is 0.385. The van der Waals surface area contributed by atoms with Crippen LogP contribution in [0.4, 0.5) is 17.6 Å². The van der Waals surface area contributed by atoms with Crippen molar-refractivity contribution in [3.05, 3.63) is 65.7 Å². The molecule has 0 saturated heterocycles. The van der Waals surface area contributed by atoms with Gasteiger partial charge in [0.05, 0.1) is 16.6 Å². The molecular formula is C18H12F4N2O3. The number of imidazole rings is 1. The fraction of sp³-hybridized carbons (Fsp3) is 0.167. The van der Waals surface area contributed by atoms with Gasteiger partial charge in [-0.3, -0.25) is 9.59 Å². The Kier molecular flexibility index (Phi) is 4.93. The third-order valence-corrected chi connectivity index (χ3v) is 3.73. The molecule has 1 heterocycles. The first-order chi connectivity index (χ1) is 12.8. The number of nitrogens with zero attached hydrogens (tertiary/aromatic N) is 2. The Hall–Kier alpha value is -3.23. The molecule has 3 rings (SSSR count). The number of hydrogen-bond donors (Lipinski definition) is 0. The molecule has 0 amide bonds. The Morgan fingerprint density at radius 2 is 1.70 bits per heavy atom. The maximum absolute atomic E-state index is 13.5. The zero-order valence-corrected chi connectivity index (χ0v) is 13.7. The first-order valence-electron chi connectivity index (χ1n) is 7.73. The van der Waals surface area contributed by atoms with E-state index in [0.717, 1.165) is 6.07 Å². The van der Waals surface area contributed by atoms with Crippen LogP contribution >= 0.6 is 0 Å². The molecule has 0 fully saturated rings. The molecule has 5 nitrogen and oxygen atoms in total. The molecule has 0 aliphatic carbocycles. The highest BCUT2D eigenvalue weighted by molar-refractivity contribution is 5.98. The first kappa shape index (κ1) is 18.6. The number of Topliss-reactive ketones (excluding diaryl/α,β-unsaturated/α-hetero) is 1. The highest BCUT2D eigenvalue weighted by atomic mass is 19.4. The molecule has 0 aliphatic heterocycles. The van der Waals surface area contributed by atoms with Gasteiger partial charge in [0, 0.05) is 0 Å². The summed E-state index contributed by atoms with van der Waals surface area (Å²) in [5.74, 6) is -3.90.